The molecule has 1 aliphatic rings. The molecule has 1 heterocycles. The Morgan fingerprint density at radius 3 is 2.27 bits per heavy atom. The number of ether oxygens (including phenoxy) is 3. The van der Waals surface area contributed by atoms with Crippen LogP contribution in [0.5, 0.6) is 17.2 Å². The molecule has 0 N–H and O–H groups in total. The van der Waals surface area contributed by atoms with Gasteiger partial charge in [-0.1, -0.05) is 44.2 Å². The summed E-state index contributed by atoms with van der Waals surface area (Å²) < 4.78 is 16.7. The molecule has 3 aromatic rings. The molecule has 0 fully saturated rings. The second kappa shape index (κ2) is 9.36. The molecule has 0 aliphatic carbocycles. The van der Waals surface area contributed by atoms with Crippen LogP contribution >= 0.6 is 0 Å². The van der Waals surface area contributed by atoms with E-state index in [0.29, 0.717) is 30.2 Å². The van der Waals surface area contributed by atoms with Gasteiger partial charge in [0.2, 0.25) is 0 Å². The summed E-state index contributed by atoms with van der Waals surface area (Å²) in [5, 5.41) is 6.20. The average molecular weight is 445 g/mol. The van der Waals surface area contributed by atoms with Gasteiger partial charge in [-0.2, -0.15) is 5.10 Å². The van der Waals surface area contributed by atoms with E-state index in [1.165, 1.54) is 5.01 Å². The maximum atomic E-state index is 13.2. The third-order valence-corrected chi connectivity index (χ3v) is 5.65. The summed E-state index contributed by atoms with van der Waals surface area (Å²) in [6.45, 7) is 4.36. The van der Waals surface area contributed by atoms with Crippen molar-refractivity contribution in [3.63, 3.8) is 0 Å². The van der Waals surface area contributed by atoms with E-state index in [1.54, 1.807) is 14.2 Å². The van der Waals surface area contributed by atoms with Crippen molar-refractivity contribution >= 4 is 17.3 Å². The summed E-state index contributed by atoms with van der Waals surface area (Å²) in [6.07, 6.45) is 0.524. The summed E-state index contributed by atoms with van der Waals surface area (Å²) in [7, 11) is 3.21. The second-order valence-corrected chi connectivity index (χ2v) is 8.56. The van der Waals surface area contributed by atoms with Gasteiger partial charge in [-0.25, -0.2) is 5.01 Å². The Kier molecular flexibility index (Phi) is 6.36. The quantitative estimate of drug-likeness (QED) is 0.486. The molecular formula is C27H28N2O4. The number of nitrogens with zero attached hydrogens (tertiary/aromatic N) is 2. The zero-order chi connectivity index (χ0) is 23.4. The lowest BCUT2D eigenvalue weighted by Crippen LogP contribution is -2.44. The van der Waals surface area contributed by atoms with Crippen molar-refractivity contribution in [2.24, 2.45) is 10.5 Å². The van der Waals surface area contributed by atoms with E-state index in [4.69, 9.17) is 19.3 Å². The minimum Gasteiger partial charge on any atom is -0.493 e. The van der Waals surface area contributed by atoms with Crippen molar-refractivity contribution in [3.8, 4) is 17.2 Å². The Labute approximate surface area is 194 Å². The molecule has 0 saturated carbocycles. The average Bonchev–Trinajstić information content (AvgIpc) is 2.85. The molecule has 170 valence electrons. The maximum absolute atomic E-state index is 13.2. The van der Waals surface area contributed by atoms with Gasteiger partial charge >= 0.3 is 0 Å². The first-order valence-corrected chi connectivity index (χ1v) is 10.8. The summed E-state index contributed by atoms with van der Waals surface area (Å²) in [4.78, 5) is 13.2. The van der Waals surface area contributed by atoms with Gasteiger partial charge in [0.25, 0.3) is 5.91 Å². The number of hydrogen-bond donors (Lipinski definition) is 0. The Bertz CT molecular complexity index is 1150. The van der Waals surface area contributed by atoms with Gasteiger partial charge in [0.15, 0.2) is 11.5 Å². The fraction of sp³-hybridized carbons (Fsp3) is 0.259. The van der Waals surface area contributed by atoms with Crippen LogP contribution in [-0.4, -0.2) is 25.8 Å². The molecule has 1 amide bonds. The fourth-order valence-electron chi connectivity index (χ4n) is 3.76. The molecule has 1 aliphatic heterocycles. The van der Waals surface area contributed by atoms with Crippen molar-refractivity contribution < 1.29 is 19.0 Å². The molecule has 0 unspecified atom stereocenters. The topological polar surface area (TPSA) is 60.4 Å². The molecule has 4 rings (SSSR count). The molecule has 33 heavy (non-hydrogen) atoms. The predicted octanol–water partition coefficient (Wildman–Crippen LogP) is 5.45. The first-order chi connectivity index (χ1) is 15.9. The van der Waals surface area contributed by atoms with Crippen LogP contribution in [0, 0.1) is 5.41 Å². The highest BCUT2D eigenvalue weighted by molar-refractivity contribution is 6.11. The third-order valence-electron chi connectivity index (χ3n) is 5.65. The van der Waals surface area contributed by atoms with E-state index in [2.05, 4.69) is 0 Å². The normalized spacial score (nSPS) is 15.1. The molecule has 0 saturated heterocycles. The SMILES string of the molecule is COc1ccc(C2=NN(c3ccc(OCc4ccccc4)cc3)C(=O)C(C)(C)C2)cc1OC. The molecule has 0 aromatic heterocycles. The highest BCUT2D eigenvalue weighted by atomic mass is 16.5. The van der Waals surface area contributed by atoms with Crippen LogP contribution in [0.4, 0.5) is 5.69 Å². The van der Waals surface area contributed by atoms with E-state index in [1.807, 2.05) is 86.6 Å². The van der Waals surface area contributed by atoms with E-state index < -0.39 is 5.41 Å². The summed E-state index contributed by atoms with van der Waals surface area (Å²) >= 11 is 0. The number of methoxy groups -OCH3 is 2. The zero-order valence-corrected chi connectivity index (χ0v) is 19.4. The fourth-order valence-corrected chi connectivity index (χ4v) is 3.76. The predicted molar refractivity (Wildman–Crippen MR) is 129 cm³/mol. The van der Waals surface area contributed by atoms with Crippen molar-refractivity contribution in [2.45, 2.75) is 26.9 Å². The van der Waals surface area contributed by atoms with Crippen molar-refractivity contribution in [1.29, 1.82) is 0 Å². The largest absolute Gasteiger partial charge is 0.493 e. The Hall–Kier alpha value is -3.80. The Balaban J connectivity index is 1.59. The van der Waals surface area contributed by atoms with Crippen LogP contribution in [0.3, 0.4) is 0 Å². The Morgan fingerprint density at radius 2 is 1.61 bits per heavy atom. The lowest BCUT2D eigenvalue weighted by atomic mass is 9.82. The molecule has 0 spiro atoms. The van der Waals surface area contributed by atoms with E-state index in [-0.39, 0.29) is 5.91 Å². The number of benzene rings is 3. The highest BCUT2D eigenvalue weighted by Gasteiger charge is 2.39. The molecular weight excluding hydrogens is 416 g/mol. The van der Waals surface area contributed by atoms with Gasteiger partial charge in [0, 0.05) is 12.0 Å². The maximum Gasteiger partial charge on any atom is 0.253 e. The number of carbonyl (C=O) groups is 1. The minimum atomic E-state index is -0.604. The lowest BCUT2D eigenvalue weighted by molar-refractivity contribution is -0.126. The standard InChI is InChI=1S/C27H28N2O4/c1-27(2)17-23(20-10-15-24(31-3)25(16-20)32-4)28-29(26(27)30)21-11-13-22(14-12-21)33-18-19-8-6-5-7-9-19/h5-16H,17-18H2,1-4H3. The zero-order valence-electron chi connectivity index (χ0n) is 19.4. The minimum absolute atomic E-state index is 0.0512. The molecule has 0 radical (unpaired) electrons. The molecule has 3 aromatic carbocycles. The van der Waals surface area contributed by atoms with Crippen LogP contribution in [0.15, 0.2) is 77.9 Å². The number of hydrazone groups is 1. The van der Waals surface area contributed by atoms with Crippen LogP contribution in [0.25, 0.3) is 0 Å². The van der Waals surface area contributed by atoms with E-state index in [0.717, 1.165) is 22.6 Å². The summed E-state index contributed by atoms with van der Waals surface area (Å²) in [5.74, 6) is 1.95. The number of rotatable bonds is 7. The van der Waals surface area contributed by atoms with Crippen LogP contribution in [0.2, 0.25) is 0 Å². The van der Waals surface area contributed by atoms with Crippen LogP contribution in [0.1, 0.15) is 31.4 Å². The first-order valence-electron chi connectivity index (χ1n) is 10.8. The number of carbonyl (C=O) groups excluding carboxylic acids is 1. The van der Waals surface area contributed by atoms with Crippen molar-refractivity contribution in [1.82, 2.24) is 0 Å². The van der Waals surface area contributed by atoms with Crippen molar-refractivity contribution in [2.75, 3.05) is 19.2 Å². The lowest BCUT2D eigenvalue weighted by Gasteiger charge is -2.34. The molecule has 0 atom stereocenters. The van der Waals surface area contributed by atoms with E-state index in [9.17, 15) is 4.79 Å². The van der Waals surface area contributed by atoms with Gasteiger partial charge < -0.3 is 14.2 Å². The molecule has 6 heteroatoms. The van der Waals surface area contributed by atoms with Gasteiger partial charge in [-0.05, 0) is 48.0 Å². The van der Waals surface area contributed by atoms with Gasteiger partial charge in [-0.15, -0.1) is 0 Å². The highest BCUT2D eigenvalue weighted by Crippen LogP contribution is 2.36. The number of hydrogen-bond acceptors (Lipinski definition) is 5. The second-order valence-electron chi connectivity index (χ2n) is 8.56. The van der Waals surface area contributed by atoms with Gasteiger partial charge in [0.05, 0.1) is 31.0 Å². The first kappa shape index (κ1) is 22.4. The smallest absolute Gasteiger partial charge is 0.253 e. The monoisotopic (exact) mass is 444 g/mol. The number of amides is 1. The van der Waals surface area contributed by atoms with Gasteiger partial charge in [0.1, 0.15) is 12.4 Å². The van der Waals surface area contributed by atoms with Gasteiger partial charge in [-0.3, -0.25) is 4.79 Å². The molecule has 6 nitrogen and oxygen atoms in total. The number of anilines is 1. The van der Waals surface area contributed by atoms with Crippen molar-refractivity contribution in [3.05, 3.63) is 83.9 Å². The summed E-state index contributed by atoms with van der Waals surface area (Å²) in [6, 6.07) is 23.1. The third kappa shape index (κ3) is 4.85. The van der Waals surface area contributed by atoms with Crippen LogP contribution < -0.4 is 19.2 Å². The summed E-state index contributed by atoms with van der Waals surface area (Å²) in [5.41, 5.74) is 2.88. The Morgan fingerprint density at radius 1 is 0.909 bits per heavy atom. The molecule has 0 bridgehead atoms. The van der Waals surface area contributed by atoms with Crippen LogP contribution in [-0.2, 0) is 11.4 Å². The van der Waals surface area contributed by atoms with E-state index >= 15 is 0 Å².